The van der Waals surface area contributed by atoms with Gasteiger partial charge in [0.25, 0.3) is 0 Å². The van der Waals surface area contributed by atoms with Gasteiger partial charge >= 0.3 is 6.09 Å². The second-order valence-corrected chi connectivity index (χ2v) is 6.92. The van der Waals surface area contributed by atoms with Crippen LogP contribution in [0.15, 0.2) is 21.2 Å². The van der Waals surface area contributed by atoms with Crippen molar-refractivity contribution in [2.45, 2.75) is 38.8 Å². The van der Waals surface area contributed by atoms with Crippen LogP contribution < -0.4 is 0 Å². The molecule has 122 valence electrons. The first kappa shape index (κ1) is 17.0. The molecule has 2 rings (SSSR count). The standard InChI is InChI=1S/C15H20BrNO5/c1-15(2,3)22-14(19)17-6-7-20-9-10(17)8-11(18)12-4-5-13(16)21-12/h4-5,10H,6-9H2,1-3H3. The van der Waals surface area contributed by atoms with Gasteiger partial charge in [-0.3, -0.25) is 4.79 Å². The van der Waals surface area contributed by atoms with E-state index in [1.165, 1.54) is 0 Å². The van der Waals surface area contributed by atoms with Crippen molar-refractivity contribution >= 4 is 27.8 Å². The minimum atomic E-state index is -0.574. The van der Waals surface area contributed by atoms with Gasteiger partial charge in [0.05, 0.1) is 19.3 Å². The number of nitrogens with zero attached hydrogens (tertiary/aromatic N) is 1. The van der Waals surface area contributed by atoms with E-state index in [0.717, 1.165) is 0 Å². The van der Waals surface area contributed by atoms with Crippen molar-refractivity contribution in [2.24, 2.45) is 0 Å². The molecule has 1 aliphatic rings. The summed E-state index contributed by atoms with van der Waals surface area (Å²) in [5.41, 5.74) is -0.574. The van der Waals surface area contributed by atoms with Gasteiger partial charge in [0.15, 0.2) is 16.2 Å². The lowest BCUT2D eigenvalue weighted by molar-refractivity contribution is -0.0323. The molecule has 1 aromatic rings. The van der Waals surface area contributed by atoms with E-state index in [4.69, 9.17) is 13.9 Å². The van der Waals surface area contributed by atoms with E-state index < -0.39 is 11.7 Å². The highest BCUT2D eigenvalue weighted by atomic mass is 79.9. The van der Waals surface area contributed by atoms with E-state index in [0.29, 0.717) is 24.4 Å². The van der Waals surface area contributed by atoms with Gasteiger partial charge in [0.2, 0.25) is 0 Å². The molecular formula is C15H20BrNO5. The summed E-state index contributed by atoms with van der Waals surface area (Å²) >= 11 is 3.17. The summed E-state index contributed by atoms with van der Waals surface area (Å²) < 4.78 is 16.5. The number of ketones is 1. The molecule has 0 bridgehead atoms. The minimum absolute atomic E-state index is 0.138. The van der Waals surface area contributed by atoms with Gasteiger partial charge < -0.3 is 18.8 Å². The summed E-state index contributed by atoms with van der Waals surface area (Å²) in [7, 11) is 0. The van der Waals surface area contributed by atoms with Crippen LogP contribution in [0.25, 0.3) is 0 Å². The Morgan fingerprint density at radius 2 is 2.14 bits per heavy atom. The third kappa shape index (κ3) is 4.58. The molecule has 1 aromatic heterocycles. The van der Waals surface area contributed by atoms with Crippen molar-refractivity contribution in [3.05, 3.63) is 22.6 Å². The fraction of sp³-hybridized carbons (Fsp3) is 0.600. The number of furan rings is 1. The Balaban J connectivity index is 2.03. The van der Waals surface area contributed by atoms with Crippen LogP contribution >= 0.6 is 15.9 Å². The number of carbonyl (C=O) groups is 2. The predicted molar refractivity (Wildman–Crippen MR) is 82.9 cm³/mol. The Hall–Kier alpha value is -1.34. The molecule has 0 saturated carbocycles. The van der Waals surface area contributed by atoms with Gasteiger partial charge in [-0.05, 0) is 48.8 Å². The van der Waals surface area contributed by atoms with Crippen LogP contribution in [0.3, 0.4) is 0 Å². The van der Waals surface area contributed by atoms with Crippen LogP contribution in [-0.4, -0.2) is 48.2 Å². The van der Waals surface area contributed by atoms with E-state index in [1.54, 1.807) is 17.0 Å². The number of morpholine rings is 1. The van der Waals surface area contributed by atoms with Crippen molar-refractivity contribution in [1.29, 1.82) is 0 Å². The topological polar surface area (TPSA) is 69.0 Å². The van der Waals surface area contributed by atoms with Gasteiger partial charge in [0, 0.05) is 13.0 Å². The van der Waals surface area contributed by atoms with E-state index in [1.807, 2.05) is 20.8 Å². The fourth-order valence-corrected chi connectivity index (χ4v) is 2.47. The molecule has 0 spiro atoms. The Labute approximate surface area is 137 Å². The Morgan fingerprint density at radius 3 is 2.73 bits per heavy atom. The van der Waals surface area contributed by atoms with Crippen LogP contribution in [0, 0.1) is 0 Å². The minimum Gasteiger partial charge on any atom is -0.446 e. The number of rotatable bonds is 3. The number of ether oxygens (including phenoxy) is 2. The molecule has 0 aliphatic carbocycles. The second-order valence-electron chi connectivity index (χ2n) is 6.13. The lowest BCUT2D eigenvalue weighted by Crippen LogP contribution is -2.51. The van der Waals surface area contributed by atoms with Crippen LogP contribution in [-0.2, 0) is 9.47 Å². The second kappa shape index (κ2) is 6.83. The van der Waals surface area contributed by atoms with E-state index in [-0.39, 0.29) is 24.0 Å². The van der Waals surface area contributed by atoms with Crippen molar-refractivity contribution in [3.63, 3.8) is 0 Å². The number of amides is 1. The Morgan fingerprint density at radius 1 is 1.41 bits per heavy atom. The SMILES string of the molecule is CC(C)(C)OC(=O)N1CCOCC1CC(=O)c1ccc(Br)o1. The number of halogens is 1. The third-order valence-corrected chi connectivity index (χ3v) is 3.55. The maximum absolute atomic E-state index is 12.3. The molecule has 6 nitrogen and oxygen atoms in total. The van der Waals surface area contributed by atoms with Crippen LogP contribution in [0.2, 0.25) is 0 Å². The Bertz CT molecular complexity index is 548. The highest BCUT2D eigenvalue weighted by Gasteiger charge is 2.33. The number of carbonyl (C=O) groups excluding carboxylic acids is 2. The van der Waals surface area contributed by atoms with Gasteiger partial charge in [-0.1, -0.05) is 0 Å². The summed E-state index contributed by atoms with van der Waals surface area (Å²) in [6.07, 6.45) is -0.284. The number of hydrogen-bond donors (Lipinski definition) is 0. The molecule has 0 aromatic carbocycles. The highest BCUT2D eigenvalue weighted by Crippen LogP contribution is 2.20. The van der Waals surface area contributed by atoms with Crippen LogP contribution in [0.5, 0.6) is 0 Å². The third-order valence-electron chi connectivity index (χ3n) is 3.12. The quantitative estimate of drug-likeness (QED) is 0.760. The molecular weight excluding hydrogens is 354 g/mol. The molecule has 2 heterocycles. The number of Topliss-reactive ketones (excluding diaryl/α,β-unsaturated/α-hetero) is 1. The maximum Gasteiger partial charge on any atom is 0.410 e. The van der Waals surface area contributed by atoms with Crippen LogP contribution in [0.1, 0.15) is 37.7 Å². The molecule has 1 aliphatic heterocycles. The number of hydrogen-bond acceptors (Lipinski definition) is 5. The molecule has 1 saturated heterocycles. The zero-order valence-corrected chi connectivity index (χ0v) is 14.5. The summed E-state index contributed by atoms with van der Waals surface area (Å²) in [5.74, 6) is 0.0938. The molecule has 1 fully saturated rings. The zero-order valence-electron chi connectivity index (χ0n) is 12.9. The fourth-order valence-electron chi connectivity index (χ4n) is 2.16. The van der Waals surface area contributed by atoms with Crippen molar-refractivity contribution < 1.29 is 23.5 Å². The first-order valence-electron chi connectivity index (χ1n) is 7.12. The molecule has 1 amide bonds. The predicted octanol–water partition coefficient (Wildman–Crippen LogP) is 3.25. The normalized spacial score (nSPS) is 19.1. The van der Waals surface area contributed by atoms with Gasteiger partial charge in [-0.2, -0.15) is 0 Å². The molecule has 1 atom stereocenters. The van der Waals surface area contributed by atoms with Crippen molar-refractivity contribution in [2.75, 3.05) is 19.8 Å². The smallest absolute Gasteiger partial charge is 0.410 e. The largest absolute Gasteiger partial charge is 0.446 e. The average Bonchev–Trinajstić information content (AvgIpc) is 2.84. The van der Waals surface area contributed by atoms with E-state index >= 15 is 0 Å². The summed E-state index contributed by atoms with van der Waals surface area (Å²) in [6.45, 7) is 6.60. The summed E-state index contributed by atoms with van der Waals surface area (Å²) in [6, 6.07) is 2.92. The van der Waals surface area contributed by atoms with Crippen molar-refractivity contribution in [1.82, 2.24) is 4.90 Å². The van der Waals surface area contributed by atoms with E-state index in [2.05, 4.69) is 15.9 Å². The first-order valence-corrected chi connectivity index (χ1v) is 7.91. The molecule has 0 N–H and O–H groups in total. The molecule has 1 unspecified atom stereocenters. The monoisotopic (exact) mass is 373 g/mol. The molecule has 7 heteroatoms. The first-order chi connectivity index (χ1) is 10.3. The van der Waals surface area contributed by atoms with Gasteiger partial charge in [-0.25, -0.2) is 4.79 Å². The summed E-state index contributed by atoms with van der Waals surface area (Å²) in [4.78, 5) is 26.0. The van der Waals surface area contributed by atoms with Crippen molar-refractivity contribution in [3.8, 4) is 0 Å². The molecule has 0 radical (unpaired) electrons. The highest BCUT2D eigenvalue weighted by molar-refractivity contribution is 9.10. The zero-order chi connectivity index (χ0) is 16.3. The van der Waals surface area contributed by atoms with Crippen LogP contribution in [0.4, 0.5) is 4.79 Å². The van der Waals surface area contributed by atoms with Gasteiger partial charge in [-0.15, -0.1) is 0 Å². The Kier molecular flexibility index (Phi) is 5.28. The lowest BCUT2D eigenvalue weighted by atomic mass is 10.1. The summed E-state index contributed by atoms with van der Waals surface area (Å²) in [5, 5.41) is 0. The van der Waals surface area contributed by atoms with E-state index in [9.17, 15) is 9.59 Å². The maximum atomic E-state index is 12.3. The molecule has 22 heavy (non-hydrogen) atoms. The lowest BCUT2D eigenvalue weighted by Gasteiger charge is -2.36. The average molecular weight is 374 g/mol. The van der Waals surface area contributed by atoms with Gasteiger partial charge in [0.1, 0.15) is 5.60 Å².